The summed E-state index contributed by atoms with van der Waals surface area (Å²) >= 11 is 1.78. The Morgan fingerprint density at radius 2 is 2.06 bits per heavy atom. The van der Waals surface area contributed by atoms with E-state index in [1.807, 2.05) is 6.08 Å². The van der Waals surface area contributed by atoms with E-state index in [-0.39, 0.29) is 0 Å². The summed E-state index contributed by atoms with van der Waals surface area (Å²) in [5.74, 6) is 0.762. The fourth-order valence-electron chi connectivity index (χ4n) is 2.73. The van der Waals surface area contributed by atoms with Gasteiger partial charge in [-0.05, 0) is 56.2 Å². The predicted molar refractivity (Wildman–Crippen MR) is 73.8 cm³/mol. The highest BCUT2D eigenvalue weighted by Crippen LogP contribution is 2.35. The first kappa shape index (κ1) is 12.2. The first-order valence-electron chi connectivity index (χ1n) is 6.97. The Morgan fingerprint density at radius 1 is 1.17 bits per heavy atom. The van der Waals surface area contributed by atoms with E-state index in [2.05, 4.69) is 6.07 Å². The summed E-state index contributed by atoms with van der Waals surface area (Å²) in [6.45, 7) is 0.744. The van der Waals surface area contributed by atoms with Crippen LogP contribution in [0.4, 0.5) is 0 Å². The smallest absolute Gasteiger partial charge is 0.145 e. The first-order valence-corrected chi connectivity index (χ1v) is 7.78. The fourth-order valence-corrected chi connectivity index (χ4v) is 3.98. The highest BCUT2D eigenvalue weighted by molar-refractivity contribution is 7.12. The van der Waals surface area contributed by atoms with Crippen molar-refractivity contribution in [2.24, 2.45) is 0 Å². The number of ether oxygens (including phenoxy) is 1. The molecule has 1 N–H and O–H groups in total. The molecule has 0 saturated carbocycles. The van der Waals surface area contributed by atoms with Gasteiger partial charge in [-0.25, -0.2) is 0 Å². The van der Waals surface area contributed by atoms with Gasteiger partial charge < -0.3 is 9.84 Å². The summed E-state index contributed by atoms with van der Waals surface area (Å²) < 4.78 is 5.57. The van der Waals surface area contributed by atoms with Crippen molar-refractivity contribution in [3.8, 4) is 0 Å². The maximum absolute atomic E-state index is 10.4. The van der Waals surface area contributed by atoms with Gasteiger partial charge in [-0.1, -0.05) is 6.42 Å². The zero-order chi connectivity index (χ0) is 12.4. The largest absolute Gasteiger partial charge is 0.495 e. The molecule has 98 valence electrons. The number of hydrogen-bond acceptors (Lipinski definition) is 3. The van der Waals surface area contributed by atoms with Gasteiger partial charge in [0.25, 0.3) is 0 Å². The Morgan fingerprint density at radius 3 is 2.89 bits per heavy atom. The third kappa shape index (κ3) is 2.47. The van der Waals surface area contributed by atoms with Crippen LogP contribution in [0.15, 0.2) is 17.9 Å². The zero-order valence-corrected chi connectivity index (χ0v) is 11.5. The molecule has 0 radical (unpaired) electrons. The molecule has 1 aliphatic heterocycles. The van der Waals surface area contributed by atoms with Crippen molar-refractivity contribution in [1.82, 2.24) is 0 Å². The van der Waals surface area contributed by atoms with Gasteiger partial charge in [-0.15, -0.1) is 11.3 Å². The van der Waals surface area contributed by atoms with Crippen molar-refractivity contribution in [2.45, 2.75) is 51.0 Å². The molecule has 0 bridgehead atoms. The van der Waals surface area contributed by atoms with Crippen molar-refractivity contribution in [2.75, 3.05) is 6.61 Å². The van der Waals surface area contributed by atoms with Gasteiger partial charge >= 0.3 is 0 Å². The molecule has 3 rings (SSSR count). The quantitative estimate of drug-likeness (QED) is 0.824. The molecule has 1 aromatic rings. The lowest BCUT2D eigenvalue weighted by Gasteiger charge is -2.18. The molecule has 1 atom stereocenters. The maximum atomic E-state index is 10.4. The minimum Gasteiger partial charge on any atom is -0.495 e. The summed E-state index contributed by atoms with van der Waals surface area (Å²) in [7, 11) is 0. The molecule has 18 heavy (non-hydrogen) atoms. The number of hydrogen-bond donors (Lipinski definition) is 1. The lowest BCUT2D eigenvalue weighted by atomic mass is 10.1. The molecule has 0 fully saturated rings. The number of fused-ring (bicyclic) bond motifs is 1. The number of allylic oxidation sites excluding steroid dienone is 1. The van der Waals surface area contributed by atoms with Crippen LogP contribution in [-0.4, -0.2) is 11.7 Å². The molecule has 3 heteroatoms. The lowest BCUT2D eigenvalue weighted by Crippen LogP contribution is -2.08. The number of aliphatic hydroxyl groups is 1. The van der Waals surface area contributed by atoms with Crippen molar-refractivity contribution >= 4 is 11.3 Å². The second kappa shape index (κ2) is 5.45. The fraction of sp³-hybridized carbons (Fsp3) is 0.600. The molecule has 0 aromatic carbocycles. The van der Waals surface area contributed by atoms with Gasteiger partial charge in [0.15, 0.2) is 0 Å². The zero-order valence-electron chi connectivity index (χ0n) is 10.7. The molecule has 1 aliphatic carbocycles. The van der Waals surface area contributed by atoms with Crippen LogP contribution >= 0.6 is 11.3 Å². The summed E-state index contributed by atoms with van der Waals surface area (Å²) in [6, 6.07) is 2.20. The van der Waals surface area contributed by atoms with Crippen LogP contribution in [0.2, 0.25) is 0 Å². The second-order valence-electron chi connectivity index (χ2n) is 5.16. The third-order valence-electron chi connectivity index (χ3n) is 3.77. The second-order valence-corrected chi connectivity index (χ2v) is 6.33. The molecule has 2 nitrogen and oxygen atoms in total. The Hall–Kier alpha value is -0.800. The summed E-state index contributed by atoms with van der Waals surface area (Å²) in [5.41, 5.74) is 1.46. The van der Waals surface area contributed by atoms with E-state index in [1.165, 1.54) is 42.5 Å². The number of rotatable bonds is 2. The molecule has 2 heterocycles. The van der Waals surface area contributed by atoms with E-state index in [1.54, 1.807) is 11.3 Å². The van der Waals surface area contributed by atoms with Crippen molar-refractivity contribution in [3.05, 3.63) is 33.2 Å². The Balaban J connectivity index is 1.81. The van der Waals surface area contributed by atoms with E-state index in [0.29, 0.717) is 0 Å². The van der Waals surface area contributed by atoms with Crippen LogP contribution < -0.4 is 0 Å². The van der Waals surface area contributed by atoms with Crippen molar-refractivity contribution in [1.29, 1.82) is 0 Å². The molecule has 0 saturated heterocycles. The Kier molecular flexibility index (Phi) is 3.71. The topological polar surface area (TPSA) is 29.5 Å². The highest BCUT2D eigenvalue weighted by Gasteiger charge is 2.21. The van der Waals surface area contributed by atoms with E-state index in [4.69, 9.17) is 4.74 Å². The van der Waals surface area contributed by atoms with Gasteiger partial charge in [0.1, 0.15) is 11.9 Å². The molecular weight excluding hydrogens is 244 g/mol. The van der Waals surface area contributed by atoms with Crippen LogP contribution in [-0.2, 0) is 17.6 Å². The lowest BCUT2D eigenvalue weighted by molar-refractivity contribution is 0.0937. The van der Waals surface area contributed by atoms with Crippen LogP contribution in [0.1, 0.15) is 53.5 Å². The Bertz CT molecular complexity index is 424. The Labute approximate surface area is 112 Å². The number of aryl methyl sites for hydroxylation is 2. The summed E-state index contributed by atoms with van der Waals surface area (Å²) in [5, 5.41) is 10.4. The first-order chi connectivity index (χ1) is 8.84. The van der Waals surface area contributed by atoms with E-state index >= 15 is 0 Å². The standard InChI is InChI=1S/C15H20O2S/c16-15(12-7-4-5-9-17-12)14-10-11-6-2-1-3-8-13(11)18-14/h7,10,15-16H,1-6,8-9H2. The average molecular weight is 264 g/mol. The van der Waals surface area contributed by atoms with Crippen LogP contribution in [0.3, 0.4) is 0 Å². The SMILES string of the molecule is OC(C1=CCCCO1)c1cc2c(s1)CCCCC2. The van der Waals surface area contributed by atoms with Gasteiger partial charge in [0.05, 0.1) is 6.61 Å². The molecule has 2 aliphatic rings. The predicted octanol–water partition coefficient (Wildman–Crippen LogP) is 3.74. The molecular formula is C15H20O2S. The summed E-state index contributed by atoms with van der Waals surface area (Å²) in [4.78, 5) is 2.55. The van der Waals surface area contributed by atoms with Gasteiger partial charge in [-0.2, -0.15) is 0 Å². The van der Waals surface area contributed by atoms with Crippen molar-refractivity contribution < 1.29 is 9.84 Å². The third-order valence-corrected chi connectivity index (χ3v) is 5.06. The highest BCUT2D eigenvalue weighted by atomic mass is 32.1. The van der Waals surface area contributed by atoms with Crippen LogP contribution in [0.25, 0.3) is 0 Å². The molecule has 1 aromatic heterocycles. The summed E-state index contributed by atoms with van der Waals surface area (Å²) in [6.07, 6.45) is 9.88. The normalized spacial score (nSPS) is 21.5. The molecule has 0 amide bonds. The molecule has 0 spiro atoms. The minimum atomic E-state index is -0.540. The number of thiophene rings is 1. The maximum Gasteiger partial charge on any atom is 0.145 e. The minimum absolute atomic E-state index is 0.540. The van der Waals surface area contributed by atoms with E-state index in [0.717, 1.165) is 30.1 Å². The van der Waals surface area contributed by atoms with Gasteiger partial charge in [0.2, 0.25) is 0 Å². The van der Waals surface area contributed by atoms with Gasteiger partial charge in [-0.3, -0.25) is 0 Å². The molecule has 1 unspecified atom stereocenters. The van der Waals surface area contributed by atoms with Crippen molar-refractivity contribution in [3.63, 3.8) is 0 Å². The number of aliphatic hydroxyl groups excluding tert-OH is 1. The van der Waals surface area contributed by atoms with Gasteiger partial charge in [0, 0.05) is 9.75 Å². The van der Waals surface area contributed by atoms with Crippen LogP contribution in [0.5, 0.6) is 0 Å². The average Bonchev–Trinajstić information content (AvgIpc) is 2.70. The van der Waals surface area contributed by atoms with E-state index < -0.39 is 6.10 Å². The van der Waals surface area contributed by atoms with E-state index in [9.17, 15) is 5.11 Å². The monoisotopic (exact) mass is 264 g/mol. The van der Waals surface area contributed by atoms with Crippen LogP contribution in [0, 0.1) is 0 Å².